The Bertz CT molecular complexity index is 3420. The first kappa shape index (κ1) is 28.8. The van der Waals surface area contributed by atoms with Crippen molar-refractivity contribution in [3.8, 4) is 22.9 Å². The number of hydrogen-bond acceptors (Lipinski definition) is 3. The zero-order valence-electron chi connectivity index (χ0n) is 28.4. The highest BCUT2D eigenvalue weighted by Gasteiger charge is 2.22. The molecule has 0 unspecified atom stereocenters. The zero-order chi connectivity index (χ0) is 34.6. The van der Waals surface area contributed by atoms with Gasteiger partial charge in [-0.3, -0.25) is 4.57 Å². The zero-order valence-corrected chi connectivity index (χ0v) is 29.2. The SMILES string of the molecule is c1ccc2c(c1)cc(-c1nc(-n3c4ccccc4c4ccc(-n5c6ccccc6c6ccccc65)cc43)nc3ccccc13)c1sc3ccccc3c12. The summed E-state index contributed by atoms with van der Waals surface area (Å²) in [5.74, 6) is 0.659. The van der Waals surface area contributed by atoms with Crippen LogP contribution in [0.25, 0.3) is 108 Å². The van der Waals surface area contributed by atoms with E-state index in [-0.39, 0.29) is 0 Å². The Hall–Kier alpha value is -6.82. The lowest BCUT2D eigenvalue weighted by Gasteiger charge is -2.14. The molecule has 53 heavy (non-hydrogen) atoms. The van der Waals surface area contributed by atoms with Crippen LogP contribution < -0.4 is 0 Å². The summed E-state index contributed by atoms with van der Waals surface area (Å²) in [5.41, 5.74) is 8.60. The van der Waals surface area contributed by atoms with E-state index in [0.29, 0.717) is 5.95 Å². The summed E-state index contributed by atoms with van der Waals surface area (Å²) in [7, 11) is 0. The van der Waals surface area contributed by atoms with E-state index in [1.807, 2.05) is 11.3 Å². The van der Waals surface area contributed by atoms with Gasteiger partial charge in [0, 0.05) is 58.4 Å². The maximum Gasteiger partial charge on any atom is 0.235 e. The first-order valence-electron chi connectivity index (χ1n) is 17.9. The highest BCUT2D eigenvalue weighted by atomic mass is 32.1. The van der Waals surface area contributed by atoms with E-state index >= 15 is 0 Å². The van der Waals surface area contributed by atoms with Gasteiger partial charge in [-0.15, -0.1) is 11.3 Å². The quantitative estimate of drug-likeness (QED) is 0.185. The van der Waals surface area contributed by atoms with Crippen LogP contribution in [0.3, 0.4) is 0 Å². The number of thiophene rings is 1. The van der Waals surface area contributed by atoms with E-state index < -0.39 is 0 Å². The molecule has 0 aliphatic rings. The Morgan fingerprint density at radius 3 is 1.72 bits per heavy atom. The van der Waals surface area contributed by atoms with Gasteiger partial charge in [0.2, 0.25) is 5.95 Å². The van der Waals surface area contributed by atoms with Crippen molar-refractivity contribution in [3.63, 3.8) is 0 Å². The number of para-hydroxylation sites is 4. The molecule has 0 saturated heterocycles. The van der Waals surface area contributed by atoms with Crippen molar-refractivity contribution in [2.24, 2.45) is 0 Å². The van der Waals surface area contributed by atoms with Gasteiger partial charge in [-0.25, -0.2) is 9.97 Å². The fraction of sp³-hybridized carbons (Fsp3) is 0. The molecule has 0 N–H and O–H groups in total. The first-order valence-corrected chi connectivity index (χ1v) is 18.7. The fourth-order valence-corrected chi connectivity index (χ4v) is 9.87. The molecule has 0 aliphatic heterocycles. The molecule has 4 aromatic heterocycles. The third-order valence-electron chi connectivity index (χ3n) is 10.9. The average Bonchev–Trinajstić information content (AvgIpc) is 3.88. The standard InChI is InChI=1S/C48H28N4S/c1-2-14-31-29(13-1)27-38(47-45(31)37-19-7-12-24-44(37)53-47)46-36-18-3-8-20-39(36)49-48(50-46)52-42-23-11-6-17-34(42)35-26-25-30(28-43(35)52)51-40-21-9-4-15-32(40)33-16-5-10-22-41(33)51/h1-28H. The van der Waals surface area contributed by atoms with E-state index in [2.05, 4.69) is 179 Å². The van der Waals surface area contributed by atoms with Crippen LogP contribution in [0, 0.1) is 0 Å². The highest BCUT2D eigenvalue weighted by Crippen LogP contribution is 2.45. The predicted molar refractivity (Wildman–Crippen MR) is 224 cm³/mol. The molecule has 5 heteroatoms. The Kier molecular flexibility index (Phi) is 5.90. The Labute approximate surface area is 307 Å². The lowest BCUT2D eigenvalue weighted by atomic mass is 9.97. The van der Waals surface area contributed by atoms with E-state index in [1.54, 1.807) is 0 Å². The van der Waals surface area contributed by atoms with E-state index in [0.717, 1.165) is 38.9 Å². The lowest BCUT2D eigenvalue weighted by molar-refractivity contribution is 1.01. The highest BCUT2D eigenvalue weighted by molar-refractivity contribution is 7.26. The fourth-order valence-electron chi connectivity index (χ4n) is 8.63. The maximum atomic E-state index is 5.58. The van der Waals surface area contributed by atoms with Crippen LogP contribution in [-0.2, 0) is 0 Å². The molecule has 12 aromatic rings. The average molecular weight is 693 g/mol. The van der Waals surface area contributed by atoms with Crippen molar-refractivity contribution in [1.82, 2.24) is 19.1 Å². The Morgan fingerprint density at radius 1 is 0.415 bits per heavy atom. The first-order chi connectivity index (χ1) is 26.3. The van der Waals surface area contributed by atoms with Crippen LogP contribution in [0.1, 0.15) is 0 Å². The number of fused-ring (bicyclic) bond motifs is 12. The van der Waals surface area contributed by atoms with E-state index in [9.17, 15) is 0 Å². The van der Waals surface area contributed by atoms with Crippen molar-refractivity contribution in [2.75, 3.05) is 0 Å². The molecule has 12 rings (SSSR count). The largest absolute Gasteiger partial charge is 0.309 e. The molecule has 4 nitrogen and oxygen atoms in total. The second-order valence-corrected chi connectivity index (χ2v) is 14.8. The van der Waals surface area contributed by atoms with Gasteiger partial charge in [-0.05, 0) is 59.3 Å². The molecule has 0 atom stereocenters. The van der Waals surface area contributed by atoms with Crippen LogP contribution >= 0.6 is 11.3 Å². The Morgan fingerprint density at radius 2 is 0.981 bits per heavy atom. The van der Waals surface area contributed by atoms with Gasteiger partial charge in [0.15, 0.2) is 0 Å². The summed E-state index contributed by atoms with van der Waals surface area (Å²) >= 11 is 1.85. The van der Waals surface area contributed by atoms with Gasteiger partial charge >= 0.3 is 0 Å². The molecule has 0 fully saturated rings. The second kappa shape index (κ2) is 10.8. The van der Waals surface area contributed by atoms with Crippen molar-refractivity contribution >= 4 is 96.8 Å². The van der Waals surface area contributed by atoms with Gasteiger partial charge in [0.25, 0.3) is 0 Å². The third-order valence-corrected chi connectivity index (χ3v) is 12.1. The predicted octanol–water partition coefficient (Wildman–Crippen LogP) is 13.0. The van der Waals surface area contributed by atoms with Gasteiger partial charge in [0.1, 0.15) is 0 Å². The van der Waals surface area contributed by atoms with Crippen LogP contribution in [0.2, 0.25) is 0 Å². The lowest BCUT2D eigenvalue weighted by Crippen LogP contribution is -2.04. The van der Waals surface area contributed by atoms with E-state index in [1.165, 1.54) is 63.5 Å². The van der Waals surface area contributed by atoms with Crippen LogP contribution in [0.5, 0.6) is 0 Å². The molecule has 0 aliphatic carbocycles. The summed E-state index contributed by atoms with van der Waals surface area (Å²) in [6.07, 6.45) is 0. The molecule has 0 bridgehead atoms. The minimum absolute atomic E-state index is 0.659. The second-order valence-electron chi connectivity index (χ2n) is 13.8. The summed E-state index contributed by atoms with van der Waals surface area (Å²) in [6, 6.07) is 61.1. The van der Waals surface area contributed by atoms with E-state index in [4.69, 9.17) is 9.97 Å². The molecule has 0 amide bonds. The van der Waals surface area contributed by atoms with Crippen LogP contribution in [0.15, 0.2) is 170 Å². The molecular weight excluding hydrogens is 665 g/mol. The molecule has 8 aromatic carbocycles. The number of hydrogen-bond donors (Lipinski definition) is 0. The molecule has 0 radical (unpaired) electrons. The summed E-state index contributed by atoms with van der Waals surface area (Å²) in [5, 5.41) is 10.9. The minimum Gasteiger partial charge on any atom is -0.309 e. The topological polar surface area (TPSA) is 35.6 Å². The smallest absolute Gasteiger partial charge is 0.235 e. The van der Waals surface area contributed by atoms with Gasteiger partial charge in [-0.2, -0.15) is 0 Å². The van der Waals surface area contributed by atoms with Crippen LogP contribution in [-0.4, -0.2) is 19.1 Å². The van der Waals surface area contributed by atoms with Crippen LogP contribution in [0.4, 0.5) is 0 Å². The molecular formula is C48H28N4S. The molecule has 0 spiro atoms. The summed E-state index contributed by atoms with van der Waals surface area (Å²) in [4.78, 5) is 10.9. The van der Waals surface area contributed by atoms with Crippen molar-refractivity contribution in [2.45, 2.75) is 0 Å². The normalized spacial score (nSPS) is 12.2. The molecule has 0 saturated carbocycles. The number of benzene rings is 8. The summed E-state index contributed by atoms with van der Waals surface area (Å²) < 4.78 is 7.17. The maximum absolute atomic E-state index is 5.58. The van der Waals surface area contributed by atoms with Gasteiger partial charge in [0.05, 0.1) is 33.3 Å². The number of nitrogens with zero attached hydrogens (tertiary/aromatic N) is 4. The third kappa shape index (κ3) is 4.05. The Balaban J connectivity index is 1.19. The monoisotopic (exact) mass is 692 g/mol. The van der Waals surface area contributed by atoms with Crippen molar-refractivity contribution < 1.29 is 0 Å². The molecule has 246 valence electrons. The van der Waals surface area contributed by atoms with Gasteiger partial charge < -0.3 is 4.57 Å². The van der Waals surface area contributed by atoms with Crippen molar-refractivity contribution in [1.29, 1.82) is 0 Å². The number of aromatic nitrogens is 4. The minimum atomic E-state index is 0.659. The molecule has 4 heterocycles. The van der Waals surface area contributed by atoms with Crippen molar-refractivity contribution in [3.05, 3.63) is 170 Å². The number of rotatable bonds is 3. The van der Waals surface area contributed by atoms with Gasteiger partial charge in [-0.1, -0.05) is 121 Å². The summed E-state index contributed by atoms with van der Waals surface area (Å²) in [6.45, 7) is 0.